The average molecular weight is 427 g/mol. The van der Waals surface area contributed by atoms with Gasteiger partial charge in [-0.2, -0.15) is 0 Å². The summed E-state index contributed by atoms with van der Waals surface area (Å²) in [5, 5.41) is 11.0. The number of anilines is 1. The lowest BCUT2D eigenvalue weighted by Gasteiger charge is -2.31. The van der Waals surface area contributed by atoms with Crippen molar-refractivity contribution in [2.24, 2.45) is 5.92 Å². The fraction of sp³-hybridized carbons (Fsp3) is 0.579. The number of carbonyl (C=O) groups is 3. The minimum atomic E-state index is -0.696. The predicted molar refractivity (Wildman–Crippen MR) is 114 cm³/mol. The van der Waals surface area contributed by atoms with E-state index in [1.54, 1.807) is 25.1 Å². The summed E-state index contributed by atoms with van der Waals surface area (Å²) >= 11 is 0. The van der Waals surface area contributed by atoms with Gasteiger partial charge in [0, 0.05) is 19.8 Å². The second kappa shape index (κ2) is 11.0. The van der Waals surface area contributed by atoms with Gasteiger partial charge in [0.2, 0.25) is 5.91 Å². The Labute approximate surface area is 177 Å². The van der Waals surface area contributed by atoms with Gasteiger partial charge in [0.05, 0.1) is 12.1 Å². The van der Waals surface area contributed by atoms with E-state index < -0.39 is 12.1 Å². The van der Waals surface area contributed by atoms with Crippen LogP contribution >= 0.6 is 12.4 Å². The van der Waals surface area contributed by atoms with E-state index in [4.69, 9.17) is 0 Å². The first-order valence-corrected chi connectivity index (χ1v) is 9.50. The Morgan fingerprint density at radius 2 is 1.93 bits per heavy atom. The summed E-state index contributed by atoms with van der Waals surface area (Å²) in [7, 11) is 3.23. The van der Waals surface area contributed by atoms with Gasteiger partial charge in [-0.15, -0.1) is 12.4 Å². The highest BCUT2D eigenvalue weighted by Gasteiger charge is 2.39. The molecule has 1 aromatic heterocycles. The third-order valence-corrected chi connectivity index (χ3v) is 4.94. The molecule has 0 aromatic carbocycles. The Hall–Kier alpha value is -2.39. The van der Waals surface area contributed by atoms with Crippen LogP contribution in [0.3, 0.4) is 0 Å². The molecular formula is C19H31ClN6O3. The number of aromatic nitrogens is 1. The fourth-order valence-corrected chi connectivity index (χ4v) is 3.14. The molecule has 10 heteroatoms. The first kappa shape index (κ1) is 24.6. The fourth-order valence-electron chi connectivity index (χ4n) is 3.14. The molecule has 1 aliphatic rings. The molecule has 1 aliphatic heterocycles. The molecule has 0 saturated carbocycles. The van der Waals surface area contributed by atoms with Crippen LogP contribution in [0.15, 0.2) is 18.3 Å². The minimum absolute atomic E-state index is 0. The largest absolute Gasteiger partial charge is 0.343 e. The van der Waals surface area contributed by atoms with Crippen molar-refractivity contribution in [1.29, 1.82) is 0 Å². The lowest BCUT2D eigenvalue weighted by molar-refractivity contribution is -0.129. The molecule has 0 bridgehead atoms. The van der Waals surface area contributed by atoms with E-state index in [1.165, 1.54) is 7.05 Å². The van der Waals surface area contributed by atoms with Crippen LogP contribution in [0, 0.1) is 5.92 Å². The van der Waals surface area contributed by atoms with Crippen LogP contribution in [0.4, 0.5) is 10.6 Å². The second-order valence-corrected chi connectivity index (χ2v) is 7.25. The minimum Gasteiger partial charge on any atom is -0.343 e. The number of halogens is 1. The van der Waals surface area contributed by atoms with Gasteiger partial charge in [-0.3, -0.25) is 14.5 Å². The van der Waals surface area contributed by atoms with E-state index >= 15 is 0 Å². The molecule has 0 aliphatic carbocycles. The van der Waals surface area contributed by atoms with Gasteiger partial charge in [0.25, 0.3) is 5.91 Å². The second-order valence-electron chi connectivity index (χ2n) is 7.25. The van der Waals surface area contributed by atoms with E-state index in [1.807, 2.05) is 26.0 Å². The molecule has 9 nitrogen and oxygen atoms in total. The summed E-state index contributed by atoms with van der Waals surface area (Å²) in [5.41, 5.74) is 0.942. The van der Waals surface area contributed by atoms with Crippen molar-refractivity contribution < 1.29 is 14.4 Å². The van der Waals surface area contributed by atoms with Gasteiger partial charge in [0.15, 0.2) is 0 Å². The molecule has 2 heterocycles. The van der Waals surface area contributed by atoms with Gasteiger partial charge in [-0.25, -0.2) is 9.78 Å². The molecule has 0 spiro atoms. The van der Waals surface area contributed by atoms with E-state index in [9.17, 15) is 14.4 Å². The van der Waals surface area contributed by atoms with Crippen molar-refractivity contribution in [2.75, 3.05) is 25.5 Å². The van der Waals surface area contributed by atoms with Crippen LogP contribution in [0.2, 0.25) is 0 Å². The average Bonchev–Trinajstić information content (AvgIpc) is 3.06. The van der Waals surface area contributed by atoms with Crippen LogP contribution < -0.4 is 26.2 Å². The van der Waals surface area contributed by atoms with Gasteiger partial charge >= 0.3 is 6.03 Å². The van der Waals surface area contributed by atoms with Crippen molar-refractivity contribution in [3.63, 3.8) is 0 Å². The Balaban J connectivity index is 0.00000420. The molecule has 0 radical (unpaired) electrons. The van der Waals surface area contributed by atoms with Gasteiger partial charge < -0.3 is 21.3 Å². The first-order valence-electron chi connectivity index (χ1n) is 9.50. The highest BCUT2D eigenvalue weighted by Crippen LogP contribution is 2.31. The number of likely N-dealkylation sites (N-methyl/N-ethyl adjacent to an activating group) is 1. The van der Waals surface area contributed by atoms with E-state index in [-0.39, 0.29) is 48.8 Å². The van der Waals surface area contributed by atoms with Crippen molar-refractivity contribution in [3.05, 3.63) is 23.9 Å². The molecular weight excluding hydrogens is 396 g/mol. The molecule has 0 saturated heterocycles. The number of hydrogen-bond donors (Lipinski definition) is 4. The zero-order valence-corrected chi connectivity index (χ0v) is 18.3. The highest BCUT2D eigenvalue weighted by atomic mass is 35.5. The molecule has 29 heavy (non-hydrogen) atoms. The Morgan fingerprint density at radius 3 is 2.52 bits per heavy atom. The maximum Gasteiger partial charge on any atom is 0.314 e. The van der Waals surface area contributed by atoms with E-state index in [0.29, 0.717) is 12.2 Å². The number of urea groups is 1. The van der Waals surface area contributed by atoms with Crippen LogP contribution in [-0.4, -0.2) is 61.6 Å². The van der Waals surface area contributed by atoms with Gasteiger partial charge in [0.1, 0.15) is 11.9 Å². The number of pyridine rings is 1. The molecule has 1 aromatic rings. The molecule has 2 rings (SSSR count). The Bertz CT molecular complexity index is 730. The number of carbonyl (C=O) groups excluding carboxylic acids is 3. The zero-order chi connectivity index (χ0) is 20.8. The van der Waals surface area contributed by atoms with Gasteiger partial charge in [-0.05, 0) is 37.9 Å². The monoisotopic (exact) mass is 426 g/mol. The smallest absolute Gasteiger partial charge is 0.314 e. The topological polar surface area (TPSA) is 115 Å². The molecule has 3 atom stereocenters. The van der Waals surface area contributed by atoms with Crippen LogP contribution in [0.25, 0.3) is 0 Å². The first-order chi connectivity index (χ1) is 13.3. The normalized spacial score (nSPS) is 17.0. The molecule has 4 amide bonds. The number of nitrogens with zero attached hydrogens (tertiary/aromatic N) is 2. The molecule has 162 valence electrons. The number of nitrogens with one attached hydrogen (secondary N) is 4. The zero-order valence-electron chi connectivity index (χ0n) is 17.5. The van der Waals surface area contributed by atoms with Crippen LogP contribution in [0.5, 0.6) is 0 Å². The molecule has 4 N–H and O–H groups in total. The summed E-state index contributed by atoms with van der Waals surface area (Å²) in [6.07, 6.45) is 2.23. The van der Waals surface area contributed by atoms with Crippen LogP contribution in [0.1, 0.15) is 26.3 Å². The van der Waals surface area contributed by atoms with Crippen molar-refractivity contribution >= 4 is 36.1 Å². The SMILES string of the molecule is CNC(=O)NC[C@@H]1Cc2cccnc2N1C(=O)C(NC(=O)[C@H](C)NC)C(C)C.Cl. The summed E-state index contributed by atoms with van der Waals surface area (Å²) in [5.74, 6) is 0.00132. The number of amides is 4. The summed E-state index contributed by atoms with van der Waals surface area (Å²) in [6, 6.07) is 2.06. The summed E-state index contributed by atoms with van der Waals surface area (Å²) in [6.45, 7) is 5.80. The Kier molecular flexibility index (Phi) is 9.32. The molecule has 1 unspecified atom stereocenters. The maximum atomic E-state index is 13.4. The maximum absolute atomic E-state index is 13.4. The number of fused-ring (bicyclic) bond motifs is 1. The standard InChI is InChI=1S/C19H30N6O3.ClH/c1-11(2)15(24-17(26)12(3)20-4)18(27)25-14(10-23-19(28)21-5)9-13-7-6-8-22-16(13)25;/h6-8,11-12,14-15,20H,9-10H2,1-5H3,(H,24,26)(H2,21,23,28);1H/t12-,14-,15?;/m0./s1. The van der Waals surface area contributed by atoms with Crippen molar-refractivity contribution in [2.45, 2.75) is 45.3 Å². The lowest BCUT2D eigenvalue weighted by atomic mass is 10.0. The quantitative estimate of drug-likeness (QED) is 0.505. The third kappa shape index (κ3) is 5.80. The lowest BCUT2D eigenvalue weighted by Crippen LogP contribution is -2.57. The summed E-state index contributed by atoms with van der Waals surface area (Å²) < 4.78 is 0. The Morgan fingerprint density at radius 1 is 1.24 bits per heavy atom. The van der Waals surface area contributed by atoms with Gasteiger partial charge in [-0.1, -0.05) is 19.9 Å². The van der Waals surface area contributed by atoms with E-state index in [2.05, 4.69) is 26.3 Å². The third-order valence-electron chi connectivity index (χ3n) is 4.94. The van der Waals surface area contributed by atoms with Crippen molar-refractivity contribution in [3.8, 4) is 0 Å². The predicted octanol–water partition coefficient (Wildman–Crippen LogP) is 0.439. The molecule has 0 fully saturated rings. The van der Waals surface area contributed by atoms with E-state index in [0.717, 1.165) is 5.56 Å². The van der Waals surface area contributed by atoms with Crippen molar-refractivity contribution in [1.82, 2.24) is 26.3 Å². The van der Waals surface area contributed by atoms with Crippen LogP contribution in [-0.2, 0) is 16.0 Å². The summed E-state index contributed by atoms with van der Waals surface area (Å²) in [4.78, 5) is 43.4. The number of rotatable bonds is 7. The highest BCUT2D eigenvalue weighted by molar-refractivity contribution is 6.01. The number of hydrogen-bond acceptors (Lipinski definition) is 5.